The Morgan fingerprint density at radius 2 is 2.12 bits per heavy atom. The van der Waals surface area contributed by atoms with Crippen molar-refractivity contribution in [1.82, 2.24) is 0 Å². The fourth-order valence-electron chi connectivity index (χ4n) is 1.84. The van der Waals surface area contributed by atoms with Crippen molar-refractivity contribution in [3.05, 3.63) is 36.0 Å². The molecular weight excluding hydrogens is 196 g/mol. The molecule has 16 heavy (non-hydrogen) atoms. The Bertz CT molecular complexity index is 307. The summed E-state index contributed by atoms with van der Waals surface area (Å²) >= 11 is 0. The fourth-order valence-corrected chi connectivity index (χ4v) is 1.84. The molecule has 1 heteroatoms. The summed E-state index contributed by atoms with van der Waals surface area (Å²) in [6.45, 7) is 10.6. The van der Waals surface area contributed by atoms with Crippen molar-refractivity contribution in [2.75, 3.05) is 0 Å². The van der Waals surface area contributed by atoms with Gasteiger partial charge in [0.2, 0.25) is 0 Å². The Morgan fingerprint density at radius 1 is 1.44 bits per heavy atom. The van der Waals surface area contributed by atoms with Gasteiger partial charge in [-0.15, -0.1) is 0 Å². The largest absolute Gasteiger partial charge is 0.389 e. The van der Waals surface area contributed by atoms with Gasteiger partial charge in [-0.2, -0.15) is 0 Å². The van der Waals surface area contributed by atoms with Crippen molar-refractivity contribution >= 4 is 0 Å². The van der Waals surface area contributed by atoms with Gasteiger partial charge >= 0.3 is 0 Å². The number of allylic oxidation sites excluding steroid dienone is 4. The first-order valence-electron chi connectivity index (χ1n) is 6.10. The monoisotopic (exact) mass is 220 g/mol. The highest BCUT2D eigenvalue weighted by Crippen LogP contribution is 2.26. The molecule has 0 aromatic carbocycles. The minimum absolute atomic E-state index is 0.205. The minimum Gasteiger partial charge on any atom is -0.389 e. The fraction of sp³-hybridized carbons (Fsp3) is 0.600. The molecule has 0 aromatic rings. The maximum atomic E-state index is 9.88. The van der Waals surface area contributed by atoms with Crippen molar-refractivity contribution in [2.24, 2.45) is 5.41 Å². The van der Waals surface area contributed by atoms with Crippen LogP contribution >= 0.6 is 0 Å². The van der Waals surface area contributed by atoms with Crippen molar-refractivity contribution in [2.45, 2.75) is 52.6 Å². The first-order chi connectivity index (χ1) is 7.41. The smallest absolute Gasteiger partial charge is 0.0753 e. The SMILES string of the molecule is C=C1C/C=C\C(C)(C)C/C=C(/C)CCC1O. The Balaban J connectivity index is 2.81. The minimum atomic E-state index is -0.353. The molecule has 0 saturated carbocycles. The molecule has 0 radical (unpaired) electrons. The first kappa shape index (κ1) is 13.2. The van der Waals surface area contributed by atoms with Gasteiger partial charge in [-0.25, -0.2) is 0 Å². The summed E-state index contributed by atoms with van der Waals surface area (Å²) in [5.74, 6) is 0. The average molecular weight is 220 g/mol. The van der Waals surface area contributed by atoms with E-state index < -0.39 is 0 Å². The highest BCUT2D eigenvalue weighted by molar-refractivity contribution is 5.13. The molecule has 0 fully saturated rings. The second-order valence-electron chi connectivity index (χ2n) is 5.56. The molecule has 1 nitrogen and oxygen atoms in total. The van der Waals surface area contributed by atoms with Crippen LogP contribution in [0.2, 0.25) is 0 Å². The zero-order valence-corrected chi connectivity index (χ0v) is 10.8. The van der Waals surface area contributed by atoms with Gasteiger partial charge in [0, 0.05) is 0 Å². The van der Waals surface area contributed by atoms with Gasteiger partial charge in [0.05, 0.1) is 6.10 Å². The van der Waals surface area contributed by atoms with E-state index in [0.717, 1.165) is 31.3 Å². The third kappa shape index (κ3) is 4.36. The highest BCUT2D eigenvalue weighted by atomic mass is 16.3. The first-order valence-corrected chi connectivity index (χ1v) is 6.10. The number of hydrogen-bond acceptors (Lipinski definition) is 1. The number of hydrogen-bond donors (Lipinski definition) is 1. The third-order valence-electron chi connectivity index (χ3n) is 3.21. The molecule has 0 amide bonds. The van der Waals surface area contributed by atoms with Gasteiger partial charge in [-0.3, -0.25) is 0 Å². The zero-order valence-electron chi connectivity index (χ0n) is 10.8. The quantitative estimate of drug-likeness (QED) is 0.612. The summed E-state index contributed by atoms with van der Waals surface area (Å²) in [6.07, 6.45) is 9.95. The van der Waals surface area contributed by atoms with Gasteiger partial charge in [0.25, 0.3) is 0 Å². The second kappa shape index (κ2) is 5.49. The molecule has 0 spiro atoms. The van der Waals surface area contributed by atoms with E-state index in [-0.39, 0.29) is 11.5 Å². The van der Waals surface area contributed by atoms with Crippen molar-refractivity contribution in [3.63, 3.8) is 0 Å². The predicted molar refractivity (Wildman–Crippen MR) is 70.3 cm³/mol. The van der Waals surface area contributed by atoms with Crippen molar-refractivity contribution in [1.29, 1.82) is 0 Å². The van der Waals surface area contributed by atoms with Crippen molar-refractivity contribution < 1.29 is 5.11 Å². The molecule has 0 aromatic heterocycles. The molecule has 1 atom stereocenters. The zero-order chi connectivity index (χ0) is 12.2. The van der Waals surface area contributed by atoms with Crippen LogP contribution in [0, 0.1) is 5.41 Å². The van der Waals surface area contributed by atoms with Crippen LogP contribution in [0.5, 0.6) is 0 Å². The topological polar surface area (TPSA) is 20.2 Å². The van der Waals surface area contributed by atoms with E-state index in [2.05, 4.69) is 45.6 Å². The summed E-state index contributed by atoms with van der Waals surface area (Å²) in [5.41, 5.74) is 2.51. The average Bonchev–Trinajstić information content (AvgIpc) is 2.23. The predicted octanol–water partition coefficient (Wildman–Crippen LogP) is 4.01. The second-order valence-corrected chi connectivity index (χ2v) is 5.56. The lowest BCUT2D eigenvalue weighted by Gasteiger charge is -2.18. The lowest BCUT2D eigenvalue weighted by molar-refractivity contribution is 0.199. The van der Waals surface area contributed by atoms with Crippen LogP contribution in [0.1, 0.15) is 46.5 Å². The third-order valence-corrected chi connectivity index (χ3v) is 3.21. The molecule has 1 rings (SSSR count). The van der Waals surface area contributed by atoms with Crippen LogP contribution in [-0.4, -0.2) is 11.2 Å². The molecule has 0 saturated heterocycles. The van der Waals surface area contributed by atoms with Crippen LogP contribution in [-0.2, 0) is 0 Å². The maximum absolute atomic E-state index is 9.88. The van der Waals surface area contributed by atoms with Crippen LogP contribution < -0.4 is 0 Å². The summed E-state index contributed by atoms with van der Waals surface area (Å²) < 4.78 is 0. The van der Waals surface area contributed by atoms with Gasteiger partial charge in [0.15, 0.2) is 0 Å². The van der Waals surface area contributed by atoms with Crippen LogP contribution in [0.3, 0.4) is 0 Å². The summed E-state index contributed by atoms with van der Waals surface area (Å²) in [7, 11) is 0. The van der Waals surface area contributed by atoms with E-state index in [0.29, 0.717) is 0 Å². The van der Waals surface area contributed by atoms with Gasteiger partial charge in [0.1, 0.15) is 0 Å². The number of rotatable bonds is 0. The highest BCUT2D eigenvalue weighted by Gasteiger charge is 2.14. The molecular formula is C15H24O. The van der Waals surface area contributed by atoms with E-state index in [1.807, 2.05) is 0 Å². The van der Waals surface area contributed by atoms with Gasteiger partial charge in [-0.05, 0) is 43.6 Å². The van der Waals surface area contributed by atoms with E-state index >= 15 is 0 Å². The lowest BCUT2D eigenvalue weighted by atomic mass is 9.87. The number of aliphatic hydroxyl groups is 1. The Labute approximate surface area is 99.6 Å². The molecule has 1 aliphatic rings. The normalized spacial score (nSPS) is 32.4. The van der Waals surface area contributed by atoms with Crippen LogP contribution in [0.15, 0.2) is 36.0 Å². The van der Waals surface area contributed by atoms with Crippen LogP contribution in [0.25, 0.3) is 0 Å². The molecule has 0 heterocycles. The Morgan fingerprint density at radius 3 is 2.81 bits per heavy atom. The number of aliphatic hydroxyl groups excluding tert-OH is 1. The standard InChI is InChI=1S/C15H24O/c1-12-7-8-14(16)13(2)6-5-10-15(3,4)11-9-12/h5,9-10,14,16H,2,6-8,11H2,1,3-4H3/b10-5-,12-9-. The molecule has 0 bridgehead atoms. The van der Waals surface area contributed by atoms with Gasteiger partial charge < -0.3 is 5.11 Å². The summed E-state index contributed by atoms with van der Waals surface area (Å²) in [5, 5.41) is 9.88. The van der Waals surface area contributed by atoms with Gasteiger partial charge in [-0.1, -0.05) is 44.2 Å². The van der Waals surface area contributed by atoms with E-state index in [9.17, 15) is 5.11 Å². The molecule has 1 aliphatic carbocycles. The van der Waals surface area contributed by atoms with E-state index in [1.54, 1.807) is 0 Å². The Hall–Kier alpha value is -0.820. The molecule has 1 N–H and O–H groups in total. The Kier molecular flexibility index (Phi) is 4.55. The molecule has 1 unspecified atom stereocenters. The van der Waals surface area contributed by atoms with Crippen molar-refractivity contribution in [3.8, 4) is 0 Å². The summed E-state index contributed by atoms with van der Waals surface area (Å²) in [4.78, 5) is 0. The van der Waals surface area contributed by atoms with E-state index in [4.69, 9.17) is 0 Å². The van der Waals surface area contributed by atoms with Crippen LogP contribution in [0.4, 0.5) is 0 Å². The molecule has 0 aliphatic heterocycles. The van der Waals surface area contributed by atoms with E-state index in [1.165, 1.54) is 5.57 Å². The molecule has 90 valence electrons. The maximum Gasteiger partial charge on any atom is 0.0753 e. The lowest BCUT2D eigenvalue weighted by Crippen LogP contribution is -2.08. The summed E-state index contributed by atoms with van der Waals surface area (Å²) in [6, 6.07) is 0.